The van der Waals surface area contributed by atoms with Gasteiger partial charge in [-0.1, -0.05) is 0 Å². The van der Waals surface area contributed by atoms with Crippen LogP contribution in [-0.4, -0.2) is 17.5 Å². The van der Waals surface area contributed by atoms with E-state index in [1.54, 1.807) is 0 Å². The number of alkyl halides is 2. The Morgan fingerprint density at radius 2 is 2.14 bits per heavy atom. The van der Waals surface area contributed by atoms with Crippen LogP contribution in [0.5, 0.6) is 0 Å². The highest BCUT2D eigenvalue weighted by atomic mass is 35.5. The second-order valence-electron chi connectivity index (χ2n) is 1.53. The van der Waals surface area contributed by atoms with Crippen molar-refractivity contribution in [2.24, 2.45) is 0 Å². The molecule has 1 saturated heterocycles. The smallest absolute Gasteiger partial charge is 0.133 e. The maximum Gasteiger partial charge on any atom is 0.133 e. The van der Waals surface area contributed by atoms with E-state index in [4.69, 9.17) is 27.9 Å². The molecule has 0 saturated carbocycles. The van der Waals surface area contributed by atoms with E-state index in [9.17, 15) is 0 Å². The molecule has 0 aromatic rings. The van der Waals surface area contributed by atoms with E-state index >= 15 is 0 Å². The van der Waals surface area contributed by atoms with Crippen LogP contribution in [-0.2, 0) is 4.74 Å². The van der Waals surface area contributed by atoms with Crippen LogP contribution >= 0.6 is 23.2 Å². The quantitative estimate of drug-likeness (QED) is 0.503. The van der Waals surface area contributed by atoms with Crippen molar-refractivity contribution in [2.45, 2.75) is 17.4 Å². The molecule has 1 fully saturated rings. The Kier molecular flexibility index (Phi) is 1.79. The molecule has 0 aliphatic carbocycles. The van der Waals surface area contributed by atoms with E-state index in [1.807, 2.05) is 0 Å². The number of ether oxygens (including phenoxy) is 1. The first-order valence-corrected chi connectivity index (χ1v) is 3.08. The van der Waals surface area contributed by atoms with Gasteiger partial charge in [-0.05, 0) is 6.42 Å². The maximum atomic E-state index is 5.42. The first kappa shape index (κ1) is 5.67. The average molecular weight is 141 g/mol. The van der Waals surface area contributed by atoms with Crippen molar-refractivity contribution in [1.29, 1.82) is 0 Å². The van der Waals surface area contributed by atoms with Crippen LogP contribution in [0.2, 0.25) is 0 Å². The summed E-state index contributed by atoms with van der Waals surface area (Å²) in [5.74, 6) is 0. The van der Waals surface area contributed by atoms with Crippen LogP contribution in [0.1, 0.15) is 6.42 Å². The summed E-state index contributed by atoms with van der Waals surface area (Å²) >= 11 is 10.8. The van der Waals surface area contributed by atoms with E-state index in [1.165, 1.54) is 0 Å². The molecule has 0 aromatic heterocycles. The van der Waals surface area contributed by atoms with Crippen molar-refractivity contribution < 1.29 is 4.74 Å². The summed E-state index contributed by atoms with van der Waals surface area (Å²) in [5, 5.41) is 0. The molecule has 1 heterocycles. The molecular weight excluding hydrogens is 135 g/mol. The van der Waals surface area contributed by atoms with E-state index in [2.05, 4.69) is 0 Å². The highest BCUT2D eigenvalue weighted by Crippen LogP contribution is 2.21. The molecule has 0 spiro atoms. The Hall–Kier alpha value is 0.540. The SMILES string of the molecule is ClC(Cl)C1CCO1. The third-order valence-corrected chi connectivity index (χ3v) is 1.58. The summed E-state index contributed by atoms with van der Waals surface area (Å²) in [4.78, 5) is -0.325. The second-order valence-corrected chi connectivity index (χ2v) is 2.70. The van der Waals surface area contributed by atoms with Crippen molar-refractivity contribution in [3.8, 4) is 0 Å². The molecule has 1 aliphatic rings. The summed E-state index contributed by atoms with van der Waals surface area (Å²) in [5.41, 5.74) is 0. The lowest BCUT2D eigenvalue weighted by Gasteiger charge is -2.26. The van der Waals surface area contributed by atoms with Gasteiger partial charge in [0.2, 0.25) is 0 Å². The zero-order valence-corrected chi connectivity index (χ0v) is 5.24. The minimum absolute atomic E-state index is 0.114. The van der Waals surface area contributed by atoms with Gasteiger partial charge in [0.25, 0.3) is 0 Å². The van der Waals surface area contributed by atoms with Gasteiger partial charge in [0, 0.05) is 6.61 Å². The monoisotopic (exact) mass is 140 g/mol. The van der Waals surface area contributed by atoms with Gasteiger partial charge in [-0.25, -0.2) is 0 Å². The lowest BCUT2D eigenvalue weighted by Crippen LogP contribution is -2.32. The highest BCUT2D eigenvalue weighted by Gasteiger charge is 2.24. The minimum Gasteiger partial charge on any atom is -0.375 e. The Labute approximate surface area is 52.5 Å². The van der Waals surface area contributed by atoms with Gasteiger partial charge in [0.05, 0.1) is 6.10 Å². The van der Waals surface area contributed by atoms with Crippen LogP contribution in [0.4, 0.5) is 0 Å². The molecule has 0 aromatic carbocycles. The molecule has 3 heteroatoms. The van der Waals surface area contributed by atoms with Gasteiger partial charge in [0.1, 0.15) is 4.84 Å². The molecule has 42 valence electrons. The van der Waals surface area contributed by atoms with Gasteiger partial charge in [-0.3, -0.25) is 0 Å². The summed E-state index contributed by atoms with van der Waals surface area (Å²) in [7, 11) is 0. The van der Waals surface area contributed by atoms with Gasteiger partial charge in [-0.2, -0.15) is 0 Å². The summed E-state index contributed by atoms with van der Waals surface area (Å²) in [6.07, 6.45) is 1.13. The van der Waals surface area contributed by atoms with Gasteiger partial charge in [0.15, 0.2) is 0 Å². The van der Waals surface area contributed by atoms with Crippen molar-refractivity contribution in [3.63, 3.8) is 0 Å². The van der Waals surface area contributed by atoms with Crippen LogP contribution in [0.3, 0.4) is 0 Å². The normalized spacial score (nSPS) is 30.4. The topological polar surface area (TPSA) is 9.23 Å². The van der Waals surface area contributed by atoms with E-state index in [0.717, 1.165) is 13.0 Å². The molecule has 1 atom stereocenters. The number of hydrogen-bond acceptors (Lipinski definition) is 1. The molecule has 0 amide bonds. The van der Waals surface area contributed by atoms with Crippen molar-refractivity contribution in [2.75, 3.05) is 6.61 Å². The average Bonchev–Trinajstić information content (AvgIpc) is 1.23. The van der Waals surface area contributed by atoms with Crippen molar-refractivity contribution in [3.05, 3.63) is 0 Å². The maximum absolute atomic E-state index is 5.42. The first-order valence-electron chi connectivity index (χ1n) is 2.20. The molecule has 1 aliphatic heterocycles. The number of hydrogen-bond donors (Lipinski definition) is 0. The molecule has 0 radical (unpaired) electrons. The molecule has 1 unspecified atom stereocenters. The fourth-order valence-electron chi connectivity index (χ4n) is 0.453. The zero-order chi connectivity index (χ0) is 5.28. The van der Waals surface area contributed by atoms with Gasteiger partial charge < -0.3 is 4.74 Å². The predicted molar refractivity (Wildman–Crippen MR) is 29.9 cm³/mol. The standard InChI is InChI=1S/C4H6Cl2O/c5-4(6)3-1-2-7-3/h3-4H,1-2H2. The summed E-state index contributed by atoms with van der Waals surface area (Å²) in [6, 6.07) is 0. The summed E-state index contributed by atoms with van der Waals surface area (Å²) < 4.78 is 4.93. The Morgan fingerprint density at radius 3 is 2.14 bits per heavy atom. The fraction of sp³-hybridized carbons (Fsp3) is 1.00. The molecule has 1 rings (SSSR count). The first-order chi connectivity index (χ1) is 3.30. The molecule has 0 N–H and O–H groups in total. The molecule has 0 bridgehead atoms. The lowest BCUT2D eigenvalue weighted by atomic mass is 10.2. The predicted octanol–water partition coefficient (Wildman–Crippen LogP) is 1.58. The Morgan fingerprint density at radius 1 is 1.57 bits per heavy atom. The highest BCUT2D eigenvalue weighted by molar-refractivity contribution is 6.44. The van der Waals surface area contributed by atoms with Crippen LogP contribution in [0.25, 0.3) is 0 Å². The van der Waals surface area contributed by atoms with Crippen LogP contribution in [0.15, 0.2) is 0 Å². The van der Waals surface area contributed by atoms with Crippen LogP contribution < -0.4 is 0 Å². The van der Waals surface area contributed by atoms with Crippen molar-refractivity contribution >= 4 is 23.2 Å². The third kappa shape index (κ3) is 1.21. The third-order valence-electron chi connectivity index (χ3n) is 1.02. The second kappa shape index (κ2) is 2.21. The molecule has 7 heavy (non-hydrogen) atoms. The Balaban J connectivity index is 2.14. The van der Waals surface area contributed by atoms with E-state index < -0.39 is 0 Å². The zero-order valence-electron chi connectivity index (χ0n) is 3.73. The molecular formula is C4H6Cl2O. The Bertz CT molecular complexity index is 60.7. The summed E-state index contributed by atoms with van der Waals surface area (Å²) in [6.45, 7) is 0.820. The van der Waals surface area contributed by atoms with E-state index in [-0.39, 0.29) is 10.9 Å². The van der Waals surface area contributed by atoms with Gasteiger partial charge >= 0.3 is 0 Å². The number of rotatable bonds is 1. The lowest BCUT2D eigenvalue weighted by molar-refractivity contribution is -0.0410. The largest absolute Gasteiger partial charge is 0.375 e. The van der Waals surface area contributed by atoms with Gasteiger partial charge in [-0.15, -0.1) is 23.2 Å². The molecule has 1 nitrogen and oxygen atoms in total. The van der Waals surface area contributed by atoms with Crippen LogP contribution in [0, 0.1) is 0 Å². The fourth-order valence-corrected chi connectivity index (χ4v) is 0.850. The number of halogens is 2. The van der Waals surface area contributed by atoms with Crippen molar-refractivity contribution in [1.82, 2.24) is 0 Å². The van der Waals surface area contributed by atoms with E-state index in [0.29, 0.717) is 0 Å². The minimum atomic E-state index is -0.325.